The van der Waals surface area contributed by atoms with Crippen molar-refractivity contribution in [2.24, 2.45) is 29.1 Å². The summed E-state index contributed by atoms with van der Waals surface area (Å²) in [4.78, 5) is 0. The van der Waals surface area contributed by atoms with E-state index in [4.69, 9.17) is 0 Å². The molecule has 0 radical (unpaired) electrons. The number of hydrogen-bond donors (Lipinski definition) is 0. The fourth-order valence-corrected chi connectivity index (χ4v) is 4.38. The van der Waals surface area contributed by atoms with Gasteiger partial charge in [-0.15, -0.1) is 0 Å². The summed E-state index contributed by atoms with van der Waals surface area (Å²) in [5, 5.41) is 0. The molecular weight excluding hydrogens is 216 g/mol. The zero-order valence-electron chi connectivity index (χ0n) is 14.3. The fourth-order valence-electron chi connectivity index (χ4n) is 4.38. The van der Waals surface area contributed by atoms with E-state index in [1.54, 1.807) is 0 Å². The summed E-state index contributed by atoms with van der Waals surface area (Å²) in [6, 6.07) is 0. The van der Waals surface area contributed by atoms with Gasteiger partial charge in [-0.05, 0) is 48.3 Å². The molecule has 0 aromatic heterocycles. The number of rotatable bonds is 9. The van der Waals surface area contributed by atoms with Crippen LogP contribution in [0.25, 0.3) is 0 Å². The standard InChI is InChI=1S/C18H38/c1-9-15(7)13-16(8)18(11-3,12-4)17(10-2)14(5)6/h14-17H,9-13H2,1-8H3. The smallest absolute Gasteiger partial charge is 0.0246 e. The van der Waals surface area contributed by atoms with Gasteiger partial charge in [0.05, 0.1) is 0 Å². The molecule has 0 spiro atoms. The average molecular weight is 255 g/mol. The summed E-state index contributed by atoms with van der Waals surface area (Å²) in [7, 11) is 0. The Labute approximate surface area is 117 Å². The lowest BCUT2D eigenvalue weighted by Crippen LogP contribution is -2.39. The summed E-state index contributed by atoms with van der Waals surface area (Å²) in [5.41, 5.74) is 0.562. The minimum absolute atomic E-state index is 0.562. The van der Waals surface area contributed by atoms with E-state index < -0.39 is 0 Å². The average Bonchev–Trinajstić information content (AvgIpc) is 2.34. The third-order valence-electron chi connectivity index (χ3n) is 5.73. The monoisotopic (exact) mass is 254 g/mol. The van der Waals surface area contributed by atoms with Crippen LogP contribution in [0.5, 0.6) is 0 Å². The third kappa shape index (κ3) is 4.00. The molecule has 0 aromatic rings. The molecule has 0 bridgehead atoms. The molecule has 0 aromatic carbocycles. The van der Waals surface area contributed by atoms with Crippen LogP contribution in [0.15, 0.2) is 0 Å². The van der Waals surface area contributed by atoms with Crippen molar-refractivity contribution in [3.05, 3.63) is 0 Å². The molecule has 3 atom stereocenters. The van der Waals surface area contributed by atoms with Gasteiger partial charge >= 0.3 is 0 Å². The highest BCUT2D eigenvalue weighted by Crippen LogP contribution is 2.49. The van der Waals surface area contributed by atoms with Crippen LogP contribution in [-0.4, -0.2) is 0 Å². The Morgan fingerprint density at radius 1 is 0.778 bits per heavy atom. The van der Waals surface area contributed by atoms with Crippen LogP contribution in [0.4, 0.5) is 0 Å². The van der Waals surface area contributed by atoms with Crippen LogP contribution < -0.4 is 0 Å². The summed E-state index contributed by atoms with van der Waals surface area (Å²) in [6.45, 7) is 19.3. The summed E-state index contributed by atoms with van der Waals surface area (Å²) in [5.74, 6) is 3.43. The van der Waals surface area contributed by atoms with Gasteiger partial charge in [-0.25, -0.2) is 0 Å². The minimum Gasteiger partial charge on any atom is -0.0651 e. The maximum atomic E-state index is 2.52. The Balaban J connectivity index is 5.10. The van der Waals surface area contributed by atoms with Gasteiger partial charge in [0, 0.05) is 0 Å². The third-order valence-corrected chi connectivity index (χ3v) is 5.73. The van der Waals surface area contributed by atoms with Gasteiger partial charge in [0.2, 0.25) is 0 Å². The molecule has 0 fully saturated rings. The molecule has 0 heteroatoms. The molecule has 0 aliphatic carbocycles. The maximum absolute atomic E-state index is 2.52. The zero-order chi connectivity index (χ0) is 14.3. The summed E-state index contributed by atoms with van der Waals surface area (Å²) >= 11 is 0. The Morgan fingerprint density at radius 3 is 1.56 bits per heavy atom. The van der Waals surface area contributed by atoms with Crippen molar-refractivity contribution >= 4 is 0 Å². The normalized spacial score (nSPS) is 17.8. The lowest BCUT2D eigenvalue weighted by atomic mass is 9.58. The first-order chi connectivity index (χ1) is 8.39. The van der Waals surface area contributed by atoms with Gasteiger partial charge in [0.15, 0.2) is 0 Å². The van der Waals surface area contributed by atoms with E-state index in [-0.39, 0.29) is 0 Å². The SMILES string of the molecule is CCC(C)CC(C)C(CC)(CC)C(CC)C(C)C. The lowest BCUT2D eigenvalue weighted by Gasteiger charge is -2.47. The summed E-state index contributed by atoms with van der Waals surface area (Å²) < 4.78 is 0. The van der Waals surface area contributed by atoms with E-state index in [2.05, 4.69) is 55.4 Å². The second-order valence-corrected chi connectivity index (χ2v) is 6.85. The van der Waals surface area contributed by atoms with E-state index in [0.717, 1.165) is 23.7 Å². The predicted molar refractivity (Wildman–Crippen MR) is 84.9 cm³/mol. The molecule has 18 heavy (non-hydrogen) atoms. The van der Waals surface area contributed by atoms with Crippen LogP contribution in [0.1, 0.15) is 87.5 Å². The second-order valence-electron chi connectivity index (χ2n) is 6.85. The van der Waals surface area contributed by atoms with Crippen molar-refractivity contribution in [2.75, 3.05) is 0 Å². The van der Waals surface area contributed by atoms with Gasteiger partial charge < -0.3 is 0 Å². The fraction of sp³-hybridized carbons (Fsp3) is 1.00. The Bertz CT molecular complexity index is 200. The number of hydrogen-bond acceptors (Lipinski definition) is 0. The van der Waals surface area contributed by atoms with Crippen molar-refractivity contribution in [2.45, 2.75) is 87.5 Å². The van der Waals surface area contributed by atoms with E-state index in [1.165, 1.54) is 32.1 Å². The van der Waals surface area contributed by atoms with E-state index in [9.17, 15) is 0 Å². The van der Waals surface area contributed by atoms with Crippen LogP contribution in [-0.2, 0) is 0 Å². The van der Waals surface area contributed by atoms with E-state index in [0.29, 0.717) is 5.41 Å². The Kier molecular flexibility index (Phi) is 8.23. The highest BCUT2D eigenvalue weighted by Gasteiger charge is 2.40. The largest absolute Gasteiger partial charge is 0.0651 e. The molecule has 0 aliphatic heterocycles. The quantitative estimate of drug-likeness (QED) is 0.438. The van der Waals surface area contributed by atoms with Gasteiger partial charge in [0.1, 0.15) is 0 Å². The highest BCUT2D eigenvalue weighted by molar-refractivity contribution is 4.90. The first kappa shape index (κ1) is 18.0. The van der Waals surface area contributed by atoms with Gasteiger partial charge in [-0.1, -0.05) is 68.2 Å². The van der Waals surface area contributed by atoms with Gasteiger partial charge in [-0.3, -0.25) is 0 Å². The maximum Gasteiger partial charge on any atom is -0.0246 e. The predicted octanol–water partition coefficient (Wildman–Crippen LogP) is 6.55. The molecule has 0 saturated heterocycles. The van der Waals surface area contributed by atoms with Crippen molar-refractivity contribution in [3.63, 3.8) is 0 Å². The Hall–Kier alpha value is 0. The van der Waals surface area contributed by atoms with Gasteiger partial charge in [-0.2, -0.15) is 0 Å². The first-order valence-electron chi connectivity index (χ1n) is 8.39. The van der Waals surface area contributed by atoms with E-state index >= 15 is 0 Å². The molecule has 3 unspecified atom stereocenters. The molecule has 0 saturated carbocycles. The molecule has 0 amide bonds. The van der Waals surface area contributed by atoms with Crippen LogP contribution in [0.3, 0.4) is 0 Å². The van der Waals surface area contributed by atoms with Crippen molar-refractivity contribution < 1.29 is 0 Å². The van der Waals surface area contributed by atoms with E-state index in [1.807, 2.05) is 0 Å². The molecule has 0 nitrogen and oxygen atoms in total. The first-order valence-corrected chi connectivity index (χ1v) is 8.39. The molecule has 0 N–H and O–H groups in total. The van der Waals surface area contributed by atoms with Crippen LogP contribution in [0, 0.1) is 29.1 Å². The summed E-state index contributed by atoms with van der Waals surface area (Å²) in [6.07, 6.45) is 6.76. The molecule has 0 rings (SSSR count). The van der Waals surface area contributed by atoms with Crippen LogP contribution >= 0.6 is 0 Å². The molecular formula is C18H38. The van der Waals surface area contributed by atoms with Crippen molar-refractivity contribution in [1.29, 1.82) is 0 Å². The molecule has 0 heterocycles. The van der Waals surface area contributed by atoms with Crippen molar-refractivity contribution in [1.82, 2.24) is 0 Å². The Morgan fingerprint density at radius 2 is 1.28 bits per heavy atom. The molecule has 0 aliphatic rings. The zero-order valence-corrected chi connectivity index (χ0v) is 14.3. The highest BCUT2D eigenvalue weighted by atomic mass is 14.5. The lowest BCUT2D eigenvalue weighted by molar-refractivity contribution is 0.0230. The van der Waals surface area contributed by atoms with Crippen LogP contribution in [0.2, 0.25) is 0 Å². The second kappa shape index (κ2) is 8.23. The van der Waals surface area contributed by atoms with Gasteiger partial charge in [0.25, 0.3) is 0 Å². The molecule has 110 valence electrons. The topological polar surface area (TPSA) is 0 Å². The van der Waals surface area contributed by atoms with Crippen molar-refractivity contribution in [3.8, 4) is 0 Å². The minimum atomic E-state index is 0.562.